The third-order valence-electron chi connectivity index (χ3n) is 6.39. The van der Waals surface area contributed by atoms with Gasteiger partial charge in [0, 0.05) is 43.0 Å². The van der Waals surface area contributed by atoms with Gasteiger partial charge >= 0.3 is 5.97 Å². The van der Waals surface area contributed by atoms with E-state index in [9.17, 15) is 9.90 Å². The molecule has 1 aliphatic heterocycles. The Morgan fingerprint density at radius 2 is 1.97 bits per heavy atom. The number of carbonyl (C=O) groups is 1. The van der Waals surface area contributed by atoms with Gasteiger partial charge in [0.25, 0.3) is 0 Å². The summed E-state index contributed by atoms with van der Waals surface area (Å²) in [4.78, 5) is 20.5. The topological polar surface area (TPSA) is 87.1 Å². The number of nitrogens with one attached hydrogen (secondary N) is 2. The fourth-order valence-corrected chi connectivity index (χ4v) is 4.46. The van der Waals surface area contributed by atoms with Crippen LogP contribution in [0.2, 0.25) is 0 Å². The fourth-order valence-electron chi connectivity index (χ4n) is 4.46. The smallest absolute Gasteiger partial charge is 0.309 e. The molecule has 1 aromatic carbocycles. The molecular weight excluding hydrogens is 412 g/mol. The summed E-state index contributed by atoms with van der Waals surface area (Å²) in [6.07, 6.45) is 5.84. The number of aliphatic carboxylic acids is 1. The number of anilines is 1. The zero-order valence-electron chi connectivity index (χ0n) is 19.3. The number of fused-ring (bicyclic) bond motifs is 1. The Labute approximate surface area is 195 Å². The van der Waals surface area contributed by atoms with Crippen molar-refractivity contribution >= 4 is 11.7 Å². The third-order valence-corrected chi connectivity index (χ3v) is 6.39. The van der Waals surface area contributed by atoms with Crippen molar-refractivity contribution in [2.75, 3.05) is 18.4 Å². The fraction of sp³-hybridized carbons (Fsp3) is 0.370. The molecule has 4 rings (SSSR count). The first-order valence-electron chi connectivity index (χ1n) is 11.6. The Balaban J connectivity index is 1.43. The molecule has 0 bridgehead atoms. The molecule has 0 saturated carbocycles. The van der Waals surface area contributed by atoms with Gasteiger partial charge in [0.2, 0.25) is 0 Å². The summed E-state index contributed by atoms with van der Waals surface area (Å²) in [6.45, 7) is 5.19. The van der Waals surface area contributed by atoms with Gasteiger partial charge in [-0.25, -0.2) is 0 Å². The number of carboxylic acids is 1. The second kappa shape index (κ2) is 10.1. The molecule has 0 saturated heterocycles. The van der Waals surface area contributed by atoms with Gasteiger partial charge in [-0.15, -0.1) is 0 Å². The lowest BCUT2D eigenvalue weighted by molar-refractivity contribution is -0.146. The quantitative estimate of drug-likeness (QED) is 0.456. The molecule has 2 aromatic heterocycles. The SMILES string of the molecule is CC(C)(Cc1cc(CCN[C@H](c2ccccc2)[C@H]2CNc3cccnc3C2)ccn1)C(=O)O. The number of hydrogen-bond acceptors (Lipinski definition) is 5. The summed E-state index contributed by atoms with van der Waals surface area (Å²) in [5.41, 5.74) is 4.68. The molecule has 0 radical (unpaired) electrons. The average Bonchev–Trinajstić information content (AvgIpc) is 2.82. The number of aromatic nitrogens is 2. The molecule has 33 heavy (non-hydrogen) atoms. The van der Waals surface area contributed by atoms with E-state index in [0.29, 0.717) is 12.3 Å². The van der Waals surface area contributed by atoms with Crippen molar-refractivity contribution in [2.45, 2.75) is 39.2 Å². The van der Waals surface area contributed by atoms with Gasteiger partial charge in [0.1, 0.15) is 0 Å². The highest BCUT2D eigenvalue weighted by Gasteiger charge is 2.29. The highest BCUT2D eigenvalue weighted by Crippen LogP contribution is 2.31. The first kappa shape index (κ1) is 22.9. The average molecular weight is 445 g/mol. The minimum atomic E-state index is -0.833. The molecule has 172 valence electrons. The lowest BCUT2D eigenvalue weighted by atomic mass is 9.86. The summed E-state index contributed by atoms with van der Waals surface area (Å²) in [5.74, 6) is -0.418. The van der Waals surface area contributed by atoms with E-state index in [1.54, 1.807) is 20.0 Å². The maximum Gasteiger partial charge on any atom is 0.309 e. The van der Waals surface area contributed by atoms with Crippen LogP contribution in [0.4, 0.5) is 5.69 Å². The van der Waals surface area contributed by atoms with Gasteiger partial charge in [0.05, 0.1) is 16.8 Å². The van der Waals surface area contributed by atoms with Crippen molar-refractivity contribution in [1.82, 2.24) is 15.3 Å². The number of nitrogens with zero attached hydrogens (tertiary/aromatic N) is 2. The van der Waals surface area contributed by atoms with E-state index in [1.165, 1.54) is 5.56 Å². The molecule has 0 aliphatic carbocycles. The molecule has 2 atom stereocenters. The molecule has 3 heterocycles. The van der Waals surface area contributed by atoms with E-state index < -0.39 is 11.4 Å². The Morgan fingerprint density at radius 3 is 2.76 bits per heavy atom. The van der Waals surface area contributed by atoms with Crippen LogP contribution in [0.3, 0.4) is 0 Å². The minimum Gasteiger partial charge on any atom is -0.481 e. The molecule has 6 heteroatoms. The van der Waals surface area contributed by atoms with Crippen LogP contribution in [0, 0.1) is 11.3 Å². The van der Waals surface area contributed by atoms with Gasteiger partial charge in [0.15, 0.2) is 0 Å². The largest absolute Gasteiger partial charge is 0.481 e. The second-order valence-corrected chi connectivity index (χ2v) is 9.46. The van der Waals surface area contributed by atoms with Gasteiger partial charge in [-0.05, 0) is 68.6 Å². The van der Waals surface area contributed by atoms with E-state index in [2.05, 4.69) is 50.9 Å². The van der Waals surface area contributed by atoms with Crippen molar-refractivity contribution in [3.05, 3.63) is 89.5 Å². The number of rotatable bonds is 9. The van der Waals surface area contributed by atoms with E-state index in [-0.39, 0.29) is 6.04 Å². The summed E-state index contributed by atoms with van der Waals surface area (Å²) in [6, 6.07) is 18.9. The second-order valence-electron chi connectivity index (χ2n) is 9.46. The minimum absolute atomic E-state index is 0.209. The van der Waals surface area contributed by atoms with Crippen LogP contribution in [0.15, 0.2) is 67.0 Å². The highest BCUT2D eigenvalue weighted by atomic mass is 16.4. The maximum atomic E-state index is 11.5. The van der Waals surface area contributed by atoms with Crippen LogP contribution in [-0.4, -0.2) is 34.1 Å². The molecular formula is C27H32N4O2. The number of pyridine rings is 2. The third kappa shape index (κ3) is 5.76. The van der Waals surface area contributed by atoms with Crippen molar-refractivity contribution in [3.63, 3.8) is 0 Å². The lowest BCUT2D eigenvalue weighted by Gasteiger charge is -2.33. The van der Waals surface area contributed by atoms with E-state index >= 15 is 0 Å². The van der Waals surface area contributed by atoms with Gasteiger partial charge in [-0.3, -0.25) is 14.8 Å². The van der Waals surface area contributed by atoms with Gasteiger partial charge in [-0.2, -0.15) is 0 Å². The number of benzene rings is 1. The van der Waals surface area contributed by atoms with Crippen LogP contribution in [0.25, 0.3) is 0 Å². The van der Waals surface area contributed by atoms with Crippen LogP contribution in [0.1, 0.15) is 42.4 Å². The Hall–Kier alpha value is -3.25. The molecule has 1 aliphatic rings. The Kier molecular flexibility index (Phi) is 7.04. The number of carboxylic acid groups (broad SMARTS) is 1. The van der Waals surface area contributed by atoms with Crippen molar-refractivity contribution < 1.29 is 9.90 Å². The first-order chi connectivity index (χ1) is 15.9. The molecule has 0 spiro atoms. The maximum absolute atomic E-state index is 11.5. The normalized spacial score (nSPS) is 16.5. The highest BCUT2D eigenvalue weighted by molar-refractivity contribution is 5.73. The summed E-state index contributed by atoms with van der Waals surface area (Å²) in [7, 11) is 0. The molecule has 6 nitrogen and oxygen atoms in total. The van der Waals surface area contributed by atoms with Crippen LogP contribution in [0.5, 0.6) is 0 Å². The Morgan fingerprint density at radius 1 is 1.15 bits per heavy atom. The first-order valence-corrected chi connectivity index (χ1v) is 11.6. The molecule has 0 amide bonds. The van der Waals surface area contributed by atoms with E-state index in [4.69, 9.17) is 0 Å². The van der Waals surface area contributed by atoms with Gasteiger partial charge in [-0.1, -0.05) is 30.3 Å². The lowest BCUT2D eigenvalue weighted by Crippen LogP contribution is -2.37. The molecule has 3 N–H and O–H groups in total. The van der Waals surface area contributed by atoms with Crippen LogP contribution >= 0.6 is 0 Å². The summed E-state index contributed by atoms with van der Waals surface area (Å²) < 4.78 is 0. The molecule has 0 fully saturated rings. The van der Waals surface area contributed by atoms with E-state index in [0.717, 1.165) is 48.6 Å². The standard InChI is InChI=1S/C27H32N4O2/c1-27(2,26(32)33)17-22-15-19(10-13-28-22)11-14-30-25(20-7-4-3-5-8-20)21-16-24-23(31-18-21)9-6-12-29-24/h3-10,12-13,15,21,25,30-31H,11,14,16-18H2,1-2H3,(H,32,33)/t21-,25-/m1/s1. The predicted molar refractivity (Wildman–Crippen MR) is 130 cm³/mol. The zero-order valence-corrected chi connectivity index (χ0v) is 19.3. The number of hydrogen-bond donors (Lipinski definition) is 3. The van der Waals surface area contributed by atoms with Crippen LogP contribution < -0.4 is 10.6 Å². The molecule has 0 unspecified atom stereocenters. The summed E-state index contributed by atoms with van der Waals surface area (Å²) in [5, 5.41) is 16.8. The van der Waals surface area contributed by atoms with Crippen molar-refractivity contribution in [2.24, 2.45) is 11.3 Å². The predicted octanol–water partition coefficient (Wildman–Crippen LogP) is 4.29. The van der Waals surface area contributed by atoms with Crippen LogP contribution in [-0.2, 0) is 24.1 Å². The zero-order chi connectivity index (χ0) is 23.3. The Bertz CT molecular complexity index is 1080. The molecule has 3 aromatic rings. The summed E-state index contributed by atoms with van der Waals surface area (Å²) >= 11 is 0. The van der Waals surface area contributed by atoms with E-state index in [1.807, 2.05) is 30.5 Å². The van der Waals surface area contributed by atoms with Crippen molar-refractivity contribution in [3.8, 4) is 0 Å². The van der Waals surface area contributed by atoms with Gasteiger partial charge < -0.3 is 15.7 Å². The monoisotopic (exact) mass is 444 g/mol. The van der Waals surface area contributed by atoms with Crippen molar-refractivity contribution in [1.29, 1.82) is 0 Å².